The lowest BCUT2D eigenvalue weighted by Crippen LogP contribution is -2.26. The number of nitrogens with one attached hydrogen (secondary N) is 1. The molecule has 6 heteroatoms. The maximum absolute atomic E-state index is 5.25. The predicted molar refractivity (Wildman–Crippen MR) is 115 cm³/mol. The van der Waals surface area contributed by atoms with Crippen LogP contribution in [0.25, 0.3) is 0 Å². The van der Waals surface area contributed by atoms with Crippen LogP contribution in [0.15, 0.2) is 55.0 Å². The molecule has 1 N–H and O–H groups in total. The topological polar surface area (TPSA) is 63.2 Å². The molecule has 3 aromatic rings. The van der Waals surface area contributed by atoms with E-state index >= 15 is 0 Å². The lowest BCUT2D eigenvalue weighted by molar-refractivity contribution is 0.256. The standard InChI is InChI=1S/C23H27N5O/c1-17-14-19(27-23-16-24-10-11-25-23)15-21(26-17)22-4-3-12-28(22)13-9-18-5-7-20(29-2)8-6-18/h5-8,10-11,14-16,22H,3-4,9,12-13H2,1-2H3,(H,25,26,27)/t22-/m1/s1. The van der Waals surface area contributed by atoms with Gasteiger partial charge in [-0.3, -0.25) is 14.9 Å². The van der Waals surface area contributed by atoms with Crippen LogP contribution in [-0.2, 0) is 6.42 Å². The van der Waals surface area contributed by atoms with Gasteiger partial charge in [-0.15, -0.1) is 0 Å². The number of hydrogen-bond donors (Lipinski definition) is 1. The van der Waals surface area contributed by atoms with Gasteiger partial charge in [0, 0.05) is 30.3 Å². The quantitative estimate of drug-likeness (QED) is 0.650. The number of methoxy groups -OCH3 is 1. The molecule has 1 aliphatic heterocycles. The molecule has 0 radical (unpaired) electrons. The van der Waals surface area contributed by atoms with Gasteiger partial charge in [0.15, 0.2) is 0 Å². The first-order valence-corrected chi connectivity index (χ1v) is 10.1. The van der Waals surface area contributed by atoms with E-state index in [1.807, 2.05) is 19.1 Å². The monoisotopic (exact) mass is 389 g/mol. The van der Waals surface area contributed by atoms with Crippen molar-refractivity contribution in [2.75, 3.05) is 25.5 Å². The molecule has 2 aromatic heterocycles. The van der Waals surface area contributed by atoms with Crippen molar-refractivity contribution in [3.63, 3.8) is 0 Å². The van der Waals surface area contributed by atoms with Crippen molar-refractivity contribution in [1.82, 2.24) is 19.9 Å². The molecule has 1 aromatic carbocycles. The Labute approximate surface area is 172 Å². The maximum Gasteiger partial charge on any atom is 0.148 e. The molecule has 4 rings (SSSR count). The van der Waals surface area contributed by atoms with Crippen molar-refractivity contribution in [1.29, 1.82) is 0 Å². The number of nitrogens with zero attached hydrogens (tertiary/aromatic N) is 4. The van der Waals surface area contributed by atoms with E-state index in [2.05, 4.69) is 44.5 Å². The summed E-state index contributed by atoms with van der Waals surface area (Å²) >= 11 is 0. The number of benzene rings is 1. The van der Waals surface area contributed by atoms with Crippen molar-refractivity contribution in [3.8, 4) is 5.75 Å². The summed E-state index contributed by atoms with van der Waals surface area (Å²) in [7, 11) is 1.70. The van der Waals surface area contributed by atoms with E-state index in [0.29, 0.717) is 6.04 Å². The van der Waals surface area contributed by atoms with E-state index in [1.165, 1.54) is 12.0 Å². The zero-order chi connectivity index (χ0) is 20.1. The van der Waals surface area contributed by atoms with Crippen LogP contribution in [0.5, 0.6) is 5.75 Å². The Kier molecular flexibility index (Phi) is 6.00. The number of ether oxygens (including phenoxy) is 1. The van der Waals surface area contributed by atoms with Crippen LogP contribution in [-0.4, -0.2) is 40.1 Å². The maximum atomic E-state index is 5.25. The van der Waals surface area contributed by atoms with Gasteiger partial charge in [-0.05, 0) is 62.6 Å². The van der Waals surface area contributed by atoms with E-state index in [-0.39, 0.29) is 0 Å². The van der Waals surface area contributed by atoms with Crippen molar-refractivity contribution in [2.24, 2.45) is 0 Å². The summed E-state index contributed by atoms with van der Waals surface area (Å²) in [6, 6.07) is 12.9. The first-order valence-electron chi connectivity index (χ1n) is 10.1. The summed E-state index contributed by atoms with van der Waals surface area (Å²) in [6.07, 6.45) is 8.46. The highest BCUT2D eigenvalue weighted by Crippen LogP contribution is 2.32. The summed E-state index contributed by atoms with van der Waals surface area (Å²) in [6.45, 7) is 4.19. The zero-order valence-electron chi connectivity index (χ0n) is 17.0. The molecule has 1 atom stereocenters. The molecule has 3 heterocycles. The number of hydrogen-bond acceptors (Lipinski definition) is 6. The van der Waals surface area contributed by atoms with Gasteiger partial charge in [0.05, 0.1) is 25.0 Å². The second-order valence-corrected chi connectivity index (χ2v) is 7.43. The first-order chi connectivity index (χ1) is 14.2. The number of rotatable bonds is 7. The largest absolute Gasteiger partial charge is 0.497 e. The van der Waals surface area contributed by atoms with E-state index in [4.69, 9.17) is 9.72 Å². The molecule has 1 saturated heterocycles. The highest BCUT2D eigenvalue weighted by molar-refractivity contribution is 5.56. The molecule has 1 fully saturated rings. The molecule has 1 aliphatic rings. The third-order valence-corrected chi connectivity index (χ3v) is 5.36. The molecular formula is C23H27N5O. The fourth-order valence-electron chi connectivity index (χ4n) is 3.94. The first kappa shape index (κ1) is 19.3. The van der Waals surface area contributed by atoms with E-state index < -0.39 is 0 Å². The Bertz CT molecular complexity index is 930. The van der Waals surface area contributed by atoms with Crippen LogP contribution in [0, 0.1) is 6.92 Å². The summed E-state index contributed by atoms with van der Waals surface area (Å²) in [5.41, 5.74) is 4.48. The summed E-state index contributed by atoms with van der Waals surface area (Å²) < 4.78 is 5.25. The van der Waals surface area contributed by atoms with Gasteiger partial charge in [-0.1, -0.05) is 12.1 Å². The zero-order valence-corrected chi connectivity index (χ0v) is 17.0. The summed E-state index contributed by atoms with van der Waals surface area (Å²) in [5.74, 6) is 1.65. The van der Waals surface area contributed by atoms with E-state index in [9.17, 15) is 0 Å². The molecule has 6 nitrogen and oxygen atoms in total. The number of pyridine rings is 1. The van der Waals surface area contributed by atoms with Gasteiger partial charge < -0.3 is 10.1 Å². The Morgan fingerprint density at radius 2 is 2.03 bits per heavy atom. The molecule has 0 aliphatic carbocycles. The molecule has 0 spiro atoms. The Hall–Kier alpha value is -2.99. The van der Waals surface area contributed by atoms with Crippen molar-refractivity contribution in [2.45, 2.75) is 32.2 Å². The number of aromatic nitrogens is 3. The highest BCUT2D eigenvalue weighted by Gasteiger charge is 2.27. The minimum atomic E-state index is 0.357. The van der Waals surface area contributed by atoms with Gasteiger partial charge in [0.25, 0.3) is 0 Å². The van der Waals surface area contributed by atoms with Crippen LogP contribution in [0.2, 0.25) is 0 Å². The van der Waals surface area contributed by atoms with Crippen LogP contribution < -0.4 is 10.1 Å². The number of anilines is 2. The summed E-state index contributed by atoms with van der Waals surface area (Å²) in [4.78, 5) is 15.8. The van der Waals surface area contributed by atoms with Crippen molar-refractivity contribution < 1.29 is 4.74 Å². The van der Waals surface area contributed by atoms with Crippen LogP contribution >= 0.6 is 0 Å². The third-order valence-electron chi connectivity index (χ3n) is 5.36. The fraction of sp³-hybridized carbons (Fsp3) is 0.348. The number of aryl methyl sites for hydroxylation is 1. The molecule has 150 valence electrons. The Morgan fingerprint density at radius 1 is 1.17 bits per heavy atom. The van der Waals surface area contributed by atoms with Crippen molar-refractivity contribution >= 4 is 11.5 Å². The average Bonchev–Trinajstić information content (AvgIpc) is 3.22. The molecular weight excluding hydrogens is 362 g/mol. The second kappa shape index (κ2) is 9.01. The van der Waals surface area contributed by atoms with E-state index in [1.54, 1.807) is 25.7 Å². The fourth-order valence-corrected chi connectivity index (χ4v) is 3.94. The molecule has 0 unspecified atom stereocenters. The highest BCUT2D eigenvalue weighted by atomic mass is 16.5. The predicted octanol–water partition coefficient (Wildman–Crippen LogP) is 4.31. The minimum Gasteiger partial charge on any atom is -0.497 e. The molecule has 29 heavy (non-hydrogen) atoms. The van der Waals surface area contributed by atoms with Gasteiger partial charge in [0.2, 0.25) is 0 Å². The Morgan fingerprint density at radius 3 is 2.79 bits per heavy atom. The number of likely N-dealkylation sites (tertiary alicyclic amines) is 1. The molecule has 0 bridgehead atoms. The van der Waals surface area contributed by atoms with Crippen molar-refractivity contribution in [3.05, 3.63) is 71.9 Å². The van der Waals surface area contributed by atoms with Gasteiger partial charge in [-0.2, -0.15) is 0 Å². The van der Waals surface area contributed by atoms with Crippen LogP contribution in [0.3, 0.4) is 0 Å². The van der Waals surface area contributed by atoms with E-state index in [0.717, 1.165) is 54.6 Å². The minimum absolute atomic E-state index is 0.357. The third kappa shape index (κ3) is 4.90. The lowest BCUT2D eigenvalue weighted by Gasteiger charge is -2.25. The smallest absolute Gasteiger partial charge is 0.148 e. The summed E-state index contributed by atoms with van der Waals surface area (Å²) in [5, 5.41) is 3.35. The van der Waals surface area contributed by atoms with Gasteiger partial charge in [-0.25, -0.2) is 4.98 Å². The van der Waals surface area contributed by atoms with Crippen LogP contribution in [0.4, 0.5) is 11.5 Å². The lowest BCUT2D eigenvalue weighted by atomic mass is 10.1. The van der Waals surface area contributed by atoms with Gasteiger partial charge >= 0.3 is 0 Å². The molecule has 0 saturated carbocycles. The Balaban J connectivity index is 1.46. The molecule has 0 amide bonds. The second-order valence-electron chi connectivity index (χ2n) is 7.43. The average molecular weight is 390 g/mol. The van der Waals surface area contributed by atoms with Crippen LogP contribution in [0.1, 0.15) is 35.8 Å². The normalized spacial score (nSPS) is 16.7. The SMILES string of the molecule is COc1ccc(CCN2CCC[C@@H]2c2cc(Nc3cnccn3)cc(C)n2)cc1. The van der Waals surface area contributed by atoms with Gasteiger partial charge in [0.1, 0.15) is 11.6 Å².